The number of aromatic nitrogens is 2. The van der Waals surface area contributed by atoms with Crippen LogP contribution in [0.1, 0.15) is 50.1 Å². The van der Waals surface area contributed by atoms with Gasteiger partial charge < -0.3 is 14.4 Å². The highest BCUT2D eigenvalue weighted by Crippen LogP contribution is 2.26. The summed E-state index contributed by atoms with van der Waals surface area (Å²) in [5.41, 5.74) is 0.383. The molecule has 2 rings (SSSR count). The maximum Gasteiger partial charge on any atom is 0.264 e. The van der Waals surface area contributed by atoms with Gasteiger partial charge in [-0.15, -0.1) is 0 Å². The Kier molecular flexibility index (Phi) is 4.34. The smallest absolute Gasteiger partial charge is 0.264 e. The number of aliphatic hydroxyl groups excluding tert-OH is 1. The van der Waals surface area contributed by atoms with Crippen molar-refractivity contribution in [2.24, 2.45) is 0 Å². The second kappa shape index (κ2) is 6.00. The Hall–Kier alpha value is -1.95. The first kappa shape index (κ1) is 14.5. The number of halogens is 1. The van der Waals surface area contributed by atoms with Crippen molar-refractivity contribution in [1.29, 1.82) is 0 Å². The number of hydrogen-bond donors (Lipinski definition) is 1. The molecule has 1 aromatic carbocycles. The molecular formula is C14H17FN2O3. The zero-order valence-corrected chi connectivity index (χ0v) is 11.6. The van der Waals surface area contributed by atoms with Crippen LogP contribution in [0.4, 0.5) is 4.39 Å². The molecule has 1 N–H and O–H groups in total. The molecular weight excluding hydrogens is 263 g/mol. The second-order valence-electron chi connectivity index (χ2n) is 4.85. The van der Waals surface area contributed by atoms with Crippen molar-refractivity contribution in [3.63, 3.8) is 0 Å². The van der Waals surface area contributed by atoms with Crippen molar-refractivity contribution in [2.45, 2.75) is 39.4 Å². The number of benzene rings is 1. The number of nitrogens with zero attached hydrogens (tertiary/aromatic N) is 2. The first-order valence-electron chi connectivity index (χ1n) is 6.40. The summed E-state index contributed by atoms with van der Waals surface area (Å²) < 4.78 is 23.7. The molecule has 0 saturated carbocycles. The normalized spacial score (nSPS) is 12.7. The fourth-order valence-electron chi connectivity index (χ4n) is 1.68. The molecule has 5 nitrogen and oxygen atoms in total. The van der Waals surface area contributed by atoms with Crippen molar-refractivity contribution >= 4 is 0 Å². The second-order valence-corrected chi connectivity index (χ2v) is 4.85. The van der Waals surface area contributed by atoms with E-state index in [1.165, 1.54) is 18.2 Å². The minimum absolute atomic E-state index is 0.0745. The molecule has 1 heterocycles. The lowest BCUT2D eigenvalue weighted by molar-refractivity contribution is 0.184. The van der Waals surface area contributed by atoms with Crippen LogP contribution in [-0.4, -0.2) is 15.2 Å². The molecule has 2 aromatic rings. The SMILES string of the molecule is CC(C)c1noc(COc2ccc(F)cc2[C@H](C)O)n1. The largest absolute Gasteiger partial charge is 0.483 e. The maximum atomic E-state index is 13.2. The maximum absolute atomic E-state index is 13.2. The van der Waals surface area contributed by atoms with Gasteiger partial charge in [-0.25, -0.2) is 4.39 Å². The van der Waals surface area contributed by atoms with E-state index in [2.05, 4.69) is 10.1 Å². The van der Waals surface area contributed by atoms with Crippen molar-refractivity contribution in [1.82, 2.24) is 10.1 Å². The van der Waals surface area contributed by atoms with Gasteiger partial charge in [0.15, 0.2) is 12.4 Å². The Morgan fingerprint density at radius 1 is 1.35 bits per heavy atom. The Balaban J connectivity index is 2.10. The van der Waals surface area contributed by atoms with Gasteiger partial charge in [-0.3, -0.25) is 0 Å². The van der Waals surface area contributed by atoms with Crippen molar-refractivity contribution in [2.75, 3.05) is 0 Å². The summed E-state index contributed by atoms with van der Waals surface area (Å²) in [6, 6.07) is 3.99. The first-order chi connectivity index (χ1) is 9.47. The minimum Gasteiger partial charge on any atom is -0.483 e. The highest BCUT2D eigenvalue weighted by molar-refractivity contribution is 5.35. The lowest BCUT2D eigenvalue weighted by Gasteiger charge is -2.12. The highest BCUT2D eigenvalue weighted by atomic mass is 19.1. The predicted octanol–water partition coefficient (Wildman–Crippen LogP) is 2.96. The summed E-state index contributed by atoms with van der Waals surface area (Å²) in [5, 5.41) is 13.4. The summed E-state index contributed by atoms with van der Waals surface area (Å²) in [7, 11) is 0. The summed E-state index contributed by atoms with van der Waals surface area (Å²) in [6.07, 6.45) is -0.824. The Labute approximate surface area is 116 Å². The third kappa shape index (κ3) is 3.33. The predicted molar refractivity (Wildman–Crippen MR) is 69.8 cm³/mol. The summed E-state index contributed by atoms with van der Waals surface area (Å²) >= 11 is 0. The number of aliphatic hydroxyl groups is 1. The molecule has 1 atom stereocenters. The Bertz CT molecular complexity index is 582. The number of hydrogen-bond acceptors (Lipinski definition) is 5. The molecule has 0 aliphatic heterocycles. The third-order valence-electron chi connectivity index (χ3n) is 2.77. The van der Waals surface area contributed by atoms with E-state index in [1.54, 1.807) is 6.92 Å². The van der Waals surface area contributed by atoms with Crippen molar-refractivity contribution in [3.05, 3.63) is 41.3 Å². The van der Waals surface area contributed by atoms with E-state index in [4.69, 9.17) is 9.26 Å². The van der Waals surface area contributed by atoms with Crippen LogP contribution in [0.3, 0.4) is 0 Å². The monoisotopic (exact) mass is 280 g/mol. The minimum atomic E-state index is -0.824. The molecule has 0 radical (unpaired) electrons. The van der Waals surface area contributed by atoms with E-state index >= 15 is 0 Å². The van der Waals surface area contributed by atoms with Gasteiger partial charge >= 0.3 is 0 Å². The molecule has 6 heteroatoms. The van der Waals surface area contributed by atoms with Crippen LogP contribution in [0.2, 0.25) is 0 Å². The zero-order chi connectivity index (χ0) is 14.7. The van der Waals surface area contributed by atoms with Crippen LogP contribution in [-0.2, 0) is 6.61 Å². The highest BCUT2D eigenvalue weighted by Gasteiger charge is 2.13. The van der Waals surface area contributed by atoms with Gasteiger partial charge in [0.1, 0.15) is 11.6 Å². The fourth-order valence-corrected chi connectivity index (χ4v) is 1.68. The Morgan fingerprint density at radius 2 is 2.10 bits per heavy atom. The summed E-state index contributed by atoms with van der Waals surface area (Å²) in [6.45, 7) is 5.54. The van der Waals surface area contributed by atoms with Gasteiger partial charge in [0, 0.05) is 11.5 Å². The molecule has 0 aliphatic carbocycles. The van der Waals surface area contributed by atoms with E-state index in [-0.39, 0.29) is 12.5 Å². The molecule has 0 fully saturated rings. The molecule has 108 valence electrons. The van der Waals surface area contributed by atoms with E-state index < -0.39 is 11.9 Å². The van der Waals surface area contributed by atoms with Crippen LogP contribution in [0.5, 0.6) is 5.75 Å². The molecule has 0 saturated heterocycles. The molecule has 20 heavy (non-hydrogen) atoms. The third-order valence-corrected chi connectivity index (χ3v) is 2.77. The van der Waals surface area contributed by atoms with E-state index in [1.807, 2.05) is 13.8 Å². The van der Waals surface area contributed by atoms with Gasteiger partial charge in [-0.1, -0.05) is 19.0 Å². The van der Waals surface area contributed by atoms with Crippen LogP contribution in [0, 0.1) is 5.82 Å². The summed E-state index contributed by atoms with van der Waals surface area (Å²) in [4.78, 5) is 4.18. The van der Waals surface area contributed by atoms with E-state index in [0.29, 0.717) is 23.0 Å². The first-order valence-corrected chi connectivity index (χ1v) is 6.40. The number of rotatable bonds is 5. The molecule has 0 aliphatic rings. The molecule has 1 aromatic heterocycles. The van der Waals surface area contributed by atoms with Crippen molar-refractivity contribution in [3.8, 4) is 5.75 Å². The average Bonchev–Trinajstić information content (AvgIpc) is 2.86. The van der Waals surface area contributed by atoms with Gasteiger partial charge in [0.25, 0.3) is 5.89 Å². The molecule has 0 amide bonds. The quantitative estimate of drug-likeness (QED) is 0.912. The summed E-state index contributed by atoms with van der Waals surface area (Å²) in [5.74, 6) is 1.10. The molecule has 0 bridgehead atoms. The van der Waals surface area contributed by atoms with E-state index in [9.17, 15) is 9.50 Å². The fraction of sp³-hybridized carbons (Fsp3) is 0.429. The van der Waals surface area contributed by atoms with Crippen LogP contribution < -0.4 is 4.74 Å². The Morgan fingerprint density at radius 3 is 2.70 bits per heavy atom. The lowest BCUT2D eigenvalue weighted by Crippen LogP contribution is -2.02. The van der Waals surface area contributed by atoms with Gasteiger partial charge in [-0.05, 0) is 25.1 Å². The average molecular weight is 280 g/mol. The lowest BCUT2D eigenvalue weighted by atomic mass is 10.1. The zero-order valence-electron chi connectivity index (χ0n) is 11.6. The van der Waals surface area contributed by atoms with Gasteiger partial charge in [0.05, 0.1) is 6.10 Å². The van der Waals surface area contributed by atoms with Crippen LogP contribution >= 0.6 is 0 Å². The van der Waals surface area contributed by atoms with Crippen LogP contribution in [0.25, 0.3) is 0 Å². The van der Waals surface area contributed by atoms with Gasteiger partial charge in [-0.2, -0.15) is 4.98 Å². The topological polar surface area (TPSA) is 68.4 Å². The standard InChI is InChI=1S/C14H17FN2O3/c1-8(2)14-16-13(20-17-14)7-19-12-5-4-10(15)6-11(12)9(3)18/h4-6,8-9,18H,7H2,1-3H3/t9-/m0/s1. The van der Waals surface area contributed by atoms with Crippen LogP contribution in [0.15, 0.2) is 22.7 Å². The van der Waals surface area contributed by atoms with Gasteiger partial charge in [0.2, 0.25) is 0 Å². The molecule has 0 spiro atoms. The van der Waals surface area contributed by atoms with E-state index in [0.717, 1.165) is 0 Å². The number of ether oxygens (including phenoxy) is 1. The molecule has 0 unspecified atom stereocenters. The van der Waals surface area contributed by atoms with Crippen molar-refractivity contribution < 1.29 is 18.8 Å².